The molecule has 0 rings (SSSR count). The van der Waals surface area contributed by atoms with Gasteiger partial charge in [-0.2, -0.15) is 11.8 Å². The fourth-order valence-corrected chi connectivity index (χ4v) is 1.57. The second kappa shape index (κ2) is 9.34. The van der Waals surface area contributed by atoms with Crippen molar-refractivity contribution in [3.8, 4) is 0 Å². The van der Waals surface area contributed by atoms with Crippen LogP contribution >= 0.6 is 11.8 Å². The summed E-state index contributed by atoms with van der Waals surface area (Å²) in [4.78, 5) is 32.3. The Kier molecular flexibility index (Phi) is 8.46. The molecule has 7 nitrogen and oxygen atoms in total. The van der Waals surface area contributed by atoms with E-state index in [1.165, 1.54) is 0 Å². The van der Waals surface area contributed by atoms with Crippen LogP contribution in [0.4, 0.5) is 4.79 Å². The Balaban J connectivity index is 3.91. The van der Waals surface area contributed by atoms with Gasteiger partial charge in [0.2, 0.25) is 0 Å². The Bertz CT molecular complexity index is 321. The van der Waals surface area contributed by atoms with Crippen LogP contribution in [-0.2, 0) is 9.59 Å². The van der Waals surface area contributed by atoms with Crippen molar-refractivity contribution in [3.63, 3.8) is 0 Å². The van der Waals surface area contributed by atoms with Gasteiger partial charge in [-0.15, -0.1) is 6.58 Å². The average Bonchev–Trinajstić information content (AvgIpc) is 2.27. The van der Waals surface area contributed by atoms with E-state index in [1.807, 2.05) is 0 Å². The molecule has 0 saturated heterocycles. The van der Waals surface area contributed by atoms with Crippen LogP contribution in [0.5, 0.6) is 0 Å². The van der Waals surface area contributed by atoms with Gasteiger partial charge >= 0.3 is 18.0 Å². The zero-order valence-electron chi connectivity index (χ0n) is 9.72. The predicted octanol–water partition coefficient (Wildman–Crippen LogP) is 0.133. The Labute approximate surface area is 109 Å². The maximum Gasteiger partial charge on any atom is 0.326 e. The summed E-state index contributed by atoms with van der Waals surface area (Å²) in [6, 6.07) is -2.12. The summed E-state index contributed by atoms with van der Waals surface area (Å²) in [6.45, 7) is 3.90. The number of carbonyl (C=O) groups excluding carboxylic acids is 1. The predicted molar refractivity (Wildman–Crippen MR) is 67.7 cm³/mol. The van der Waals surface area contributed by atoms with Crippen LogP contribution in [0.15, 0.2) is 12.7 Å². The van der Waals surface area contributed by atoms with Crippen molar-refractivity contribution >= 4 is 29.7 Å². The molecule has 0 aliphatic carbocycles. The van der Waals surface area contributed by atoms with Gasteiger partial charge < -0.3 is 20.8 Å². The van der Waals surface area contributed by atoms with E-state index in [1.54, 1.807) is 17.8 Å². The number of hydrogen-bond donors (Lipinski definition) is 4. The summed E-state index contributed by atoms with van der Waals surface area (Å²) < 4.78 is 0. The average molecular weight is 276 g/mol. The van der Waals surface area contributed by atoms with Crippen molar-refractivity contribution < 1.29 is 24.6 Å². The van der Waals surface area contributed by atoms with Crippen LogP contribution in [0.25, 0.3) is 0 Å². The van der Waals surface area contributed by atoms with Crippen molar-refractivity contribution in [1.29, 1.82) is 0 Å². The molecular formula is C10H16N2O5S. The lowest BCUT2D eigenvalue weighted by Crippen LogP contribution is -2.47. The van der Waals surface area contributed by atoms with Crippen molar-refractivity contribution in [3.05, 3.63) is 12.7 Å². The van der Waals surface area contributed by atoms with Gasteiger partial charge in [0, 0.05) is 18.1 Å². The number of aliphatic carboxylic acids is 2. The first-order valence-corrected chi connectivity index (χ1v) is 6.30. The minimum absolute atomic E-state index is 0.365. The third kappa shape index (κ3) is 8.45. The van der Waals surface area contributed by atoms with Crippen molar-refractivity contribution in [2.75, 3.05) is 18.1 Å². The van der Waals surface area contributed by atoms with E-state index in [4.69, 9.17) is 10.2 Å². The molecular weight excluding hydrogens is 260 g/mol. The van der Waals surface area contributed by atoms with Gasteiger partial charge in [0.05, 0.1) is 6.42 Å². The van der Waals surface area contributed by atoms with E-state index in [-0.39, 0.29) is 0 Å². The lowest BCUT2D eigenvalue weighted by Gasteiger charge is -2.13. The summed E-state index contributed by atoms with van der Waals surface area (Å²) in [5.74, 6) is -1.24. The second-order valence-corrected chi connectivity index (χ2v) is 4.40. The van der Waals surface area contributed by atoms with E-state index < -0.39 is 30.4 Å². The molecule has 1 atom stereocenters. The SMILES string of the molecule is C=CCSCCNC(=O)NC(CC(=O)O)C(=O)O. The largest absolute Gasteiger partial charge is 0.481 e. The molecule has 0 saturated carbocycles. The standard InChI is InChI=1S/C10H16N2O5S/c1-2-4-18-5-3-11-10(17)12-7(9(15)16)6-8(13)14/h2,7H,1,3-6H2,(H,13,14)(H,15,16)(H2,11,12,17). The number of carbonyl (C=O) groups is 3. The molecule has 18 heavy (non-hydrogen) atoms. The number of hydrogen-bond acceptors (Lipinski definition) is 4. The van der Waals surface area contributed by atoms with E-state index in [2.05, 4.69) is 17.2 Å². The molecule has 2 amide bonds. The molecule has 0 aromatic carbocycles. The molecule has 1 unspecified atom stereocenters. The fourth-order valence-electron chi connectivity index (χ4n) is 0.987. The monoisotopic (exact) mass is 276 g/mol. The normalized spacial score (nSPS) is 11.3. The number of nitrogens with one attached hydrogen (secondary N) is 2. The van der Waals surface area contributed by atoms with Crippen LogP contribution < -0.4 is 10.6 Å². The van der Waals surface area contributed by atoms with Crippen molar-refractivity contribution in [2.45, 2.75) is 12.5 Å². The quantitative estimate of drug-likeness (QED) is 0.351. The zero-order valence-corrected chi connectivity index (χ0v) is 10.5. The summed E-state index contributed by atoms with van der Waals surface area (Å²) in [7, 11) is 0. The van der Waals surface area contributed by atoms with Crippen molar-refractivity contribution in [1.82, 2.24) is 10.6 Å². The summed E-state index contributed by atoms with van der Waals surface area (Å²) >= 11 is 1.56. The molecule has 0 bridgehead atoms. The van der Waals surface area contributed by atoms with Crippen LogP contribution in [-0.4, -0.2) is 52.3 Å². The van der Waals surface area contributed by atoms with Crippen LogP contribution in [0.3, 0.4) is 0 Å². The molecule has 0 aliphatic heterocycles. The molecule has 4 N–H and O–H groups in total. The maximum absolute atomic E-state index is 11.3. The van der Waals surface area contributed by atoms with Crippen molar-refractivity contribution in [2.24, 2.45) is 0 Å². The molecule has 102 valence electrons. The van der Waals surface area contributed by atoms with E-state index >= 15 is 0 Å². The highest BCUT2D eigenvalue weighted by Crippen LogP contribution is 1.97. The van der Waals surface area contributed by atoms with E-state index in [0.717, 1.165) is 5.75 Å². The number of thioether (sulfide) groups is 1. The van der Waals surface area contributed by atoms with Gasteiger partial charge in [0.25, 0.3) is 0 Å². The van der Waals surface area contributed by atoms with Gasteiger partial charge in [-0.3, -0.25) is 4.79 Å². The third-order valence-corrected chi connectivity index (χ3v) is 2.71. The van der Waals surface area contributed by atoms with Crippen LogP contribution in [0, 0.1) is 0 Å². The molecule has 0 spiro atoms. The fraction of sp³-hybridized carbons (Fsp3) is 0.500. The Morgan fingerprint density at radius 3 is 2.50 bits per heavy atom. The smallest absolute Gasteiger partial charge is 0.326 e. The van der Waals surface area contributed by atoms with Crippen LogP contribution in [0.1, 0.15) is 6.42 Å². The molecule has 0 radical (unpaired) electrons. The first-order chi connectivity index (χ1) is 8.47. The van der Waals surface area contributed by atoms with E-state index in [9.17, 15) is 14.4 Å². The Morgan fingerprint density at radius 1 is 1.33 bits per heavy atom. The zero-order chi connectivity index (χ0) is 14.0. The van der Waals surface area contributed by atoms with Gasteiger partial charge in [0.15, 0.2) is 0 Å². The Hall–Kier alpha value is -1.70. The second-order valence-electron chi connectivity index (χ2n) is 3.25. The maximum atomic E-state index is 11.3. The lowest BCUT2D eigenvalue weighted by molar-refractivity contribution is -0.145. The first kappa shape index (κ1) is 16.3. The van der Waals surface area contributed by atoms with Crippen LogP contribution in [0.2, 0.25) is 0 Å². The van der Waals surface area contributed by atoms with Gasteiger partial charge in [0.1, 0.15) is 6.04 Å². The van der Waals surface area contributed by atoms with E-state index in [0.29, 0.717) is 12.3 Å². The molecule has 0 aromatic heterocycles. The molecule has 0 heterocycles. The number of carboxylic acids is 2. The molecule has 8 heteroatoms. The number of carboxylic acid groups (broad SMARTS) is 2. The molecule has 0 fully saturated rings. The van der Waals surface area contributed by atoms with Gasteiger partial charge in [-0.25, -0.2) is 9.59 Å². The number of urea groups is 1. The Morgan fingerprint density at radius 2 is 2.00 bits per heavy atom. The lowest BCUT2D eigenvalue weighted by atomic mass is 10.2. The number of amides is 2. The highest BCUT2D eigenvalue weighted by molar-refractivity contribution is 7.99. The highest BCUT2D eigenvalue weighted by Gasteiger charge is 2.22. The molecule has 0 aromatic rings. The number of rotatable bonds is 9. The third-order valence-electron chi connectivity index (χ3n) is 1.75. The van der Waals surface area contributed by atoms with Gasteiger partial charge in [-0.05, 0) is 0 Å². The summed E-state index contributed by atoms with van der Waals surface area (Å²) in [5.41, 5.74) is 0. The minimum atomic E-state index is -1.43. The topological polar surface area (TPSA) is 116 Å². The molecule has 0 aliphatic rings. The summed E-state index contributed by atoms with van der Waals surface area (Å²) in [5, 5.41) is 21.7. The minimum Gasteiger partial charge on any atom is -0.481 e. The highest BCUT2D eigenvalue weighted by atomic mass is 32.2. The summed E-state index contributed by atoms with van der Waals surface area (Å²) in [6.07, 6.45) is 1.08. The van der Waals surface area contributed by atoms with Gasteiger partial charge in [-0.1, -0.05) is 6.08 Å². The first-order valence-electron chi connectivity index (χ1n) is 5.15.